The number of hydrogen-bond donors (Lipinski definition) is 1. The van der Waals surface area contributed by atoms with Gasteiger partial charge >= 0.3 is 0 Å². The van der Waals surface area contributed by atoms with Crippen LogP contribution in [-0.2, 0) is 6.61 Å². The molecule has 0 unspecified atom stereocenters. The van der Waals surface area contributed by atoms with Crippen molar-refractivity contribution < 1.29 is 9.15 Å². The zero-order valence-electron chi connectivity index (χ0n) is 13.4. The van der Waals surface area contributed by atoms with E-state index in [1.54, 1.807) is 37.6 Å². The molecule has 3 aromatic heterocycles. The highest BCUT2D eigenvalue weighted by Crippen LogP contribution is 2.26. The Hall–Kier alpha value is -3.48. The van der Waals surface area contributed by atoms with E-state index in [2.05, 4.69) is 19.9 Å². The topological polar surface area (TPSA) is 93.9 Å². The van der Waals surface area contributed by atoms with Crippen LogP contribution in [0.3, 0.4) is 0 Å². The maximum absolute atomic E-state index is 11.3. The number of pyridine rings is 1. The molecule has 0 aliphatic heterocycles. The maximum atomic E-state index is 11.3. The second-order valence-electron chi connectivity index (χ2n) is 5.49. The van der Waals surface area contributed by atoms with Crippen LogP contribution in [0.5, 0.6) is 5.75 Å². The maximum Gasteiger partial charge on any atom is 0.269 e. The van der Waals surface area contributed by atoms with Gasteiger partial charge in [0.25, 0.3) is 5.56 Å². The molecule has 7 nitrogen and oxygen atoms in total. The molecule has 0 atom stereocenters. The number of rotatable bonds is 4. The average molecular weight is 334 g/mol. The van der Waals surface area contributed by atoms with Crippen LogP contribution in [0.2, 0.25) is 0 Å². The predicted molar refractivity (Wildman–Crippen MR) is 91.2 cm³/mol. The summed E-state index contributed by atoms with van der Waals surface area (Å²) in [5.74, 6) is 1.15. The number of nitrogens with zero attached hydrogens (tertiary/aromatic N) is 3. The minimum atomic E-state index is -0.198. The third kappa shape index (κ3) is 3.12. The summed E-state index contributed by atoms with van der Waals surface area (Å²) in [5.41, 5.74) is 3.04. The summed E-state index contributed by atoms with van der Waals surface area (Å²) in [6.45, 7) is 1.90. The molecule has 4 rings (SSSR count). The summed E-state index contributed by atoms with van der Waals surface area (Å²) in [5, 5.41) is 0. The van der Waals surface area contributed by atoms with E-state index in [1.807, 2.05) is 18.2 Å². The number of ether oxygens (including phenoxy) is 1. The molecule has 1 aromatic carbocycles. The van der Waals surface area contributed by atoms with Crippen molar-refractivity contribution in [3.8, 4) is 17.2 Å². The highest BCUT2D eigenvalue weighted by molar-refractivity contribution is 5.77. The van der Waals surface area contributed by atoms with Gasteiger partial charge in [0, 0.05) is 24.7 Å². The molecular weight excluding hydrogens is 320 g/mol. The van der Waals surface area contributed by atoms with Gasteiger partial charge in [0.2, 0.25) is 5.89 Å². The van der Waals surface area contributed by atoms with E-state index in [0.717, 1.165) is 5.56 Å². The average Bonchev–Trinajstić information content (AvgIpc) is 3.07. The van der Waals surface area contributed by atoms with Crippen LogP contribution in [0.4, 0.5) is 0 Å². The molecule has 0 amide bonds. The van der Waals surface area contributed by atoms with Crippen molar-refractivity contribution in [1.29, 1.82) is 0 Å². The standard InChI is InChI=1S/C18H14N4O3/c1-11-17(23)20-9-13(21-11)10-24-14-4-5-16-15(7-14)22-18(25-16)12-3-2-6-19-8-12/h2-9H,10H2,1H3,(H,20,23). The highest BCUT2D eigenvalue weighted by atomic mass is 16.5. The second kappa shape index (κ2) is 6.20. The van der Waals surface area contributed by atoms with Gasteiger partial charge in [-0.05, 0) is 31.2 Å². The lowest BCUT2D eigenvalue weighted by atomic mass is 10.3. The van der Waals surface area contributed by atoms with Crippen LogP contribution < -0.4 is 10.3 Å². The van der Waals surface area contributed by atoms with Gasteiger partial charge in [-0.15, -0.1) is 0 Å². The smallest absolute Gasteiger partial charge is 0.269 e. The monoisotopic (exact) mass is 334 g/mol. The van der Waals surface area contributed by atoms with Gasteiger partial charge in [-0.25, -0.2) is 9.97 Å². The normalized spacial score (nSPS) is 10.9. The predicted octanol–water partition coefficient (Wildman–Crippen LogP) is 2.86. The first-order valence-corrected chi connectivity index (χ1v) is 7.68. The van der Waals surface area contributed by atoms with E-state index in [1.165, 1.54) is 0 Å². The molecule has 25 heavy (non-hydrogen) atoms. The zero-order chi connectivity index (χ0) is 17.2. The van der Waals surface area contributed by atoms with Crippen molar-refractivity contribution in [1.82, 2.24) is 19.9 Å². The number of oxazole rings is 1. The minimum Gasteiger partial charge on any atom is -0.487 e. The fourth-order valence-corrected chi connectivity index (χ4v) is 2.39. The van der Waals surface area contributed by atoms with Crippen LogP contribution in [0.25, 0.3) is 22.6 Å². The Balaban J connectivity index is 1.56. The SMILES string of the molecule is Cc1nc(COc2ccc3oc(-c4cccnc4)nc3c2)c[nH]c1=O. The van der Waals surface area contributed by atoms with Gasteiger partial charge in [0.15, 0.2) is 5.58 Å². The molecule has 0 spiro atoms. The molecule has 0 saturated heterocycles. The number of hydrogen-bond acceptors (Lipinski definition) is 6. The van der Waals surface area contributed by atoms with Gasteiger partial charge in [0.1, 0.15) is 23.6 Å². The van der Waals surface area contributed by atoms with Crippen molar-refractivity contribution in [3.63, 3.8) is 0 Å². The Morgan fingerprint density at radius 1 is 1.24 bits per heavy atom. The number of aryl methyl sites for hydroxylation is 1. The Labute approximate surface area is 142 Å². The first kappa shape index (κ1) is 15.1. The Kier molecular flexibility index (Phi) is 3.74. The zero-order valence-corrected chi connectivity index (χ0v) is 13.4. The molecule has 1 N–H and O–H groups in total. The summed E-state index contributed by atoms with van der Waals surface area (Å²) in [4.78, 5) is 26.7. The number of aromatic amines is 1. The fraction of sp³-hybridized carbons (Fsp3) is 0.111. The van der Waals surface area contributed by atoms with Crippen LogP contribution >= 0.6 is 0 Å². The lowest BCUT2D eigenvalue weighted by Crippen LogP contribution is -2.13. The van der Waals surface area contributed by atoms with Crippen molar-refractivity contribution in [2.75, 3.05) is 0 Å². The van der Waals surface area contributed by atoms with Crippen molar-refractivity contribution in [2.45, 2.75) is 13.5 Å². The van der Waals surface area contributed by atoms with Gasteiger partial charge in [-0.1, -0.05) is 0 Å². The Bertz CT molecular complexity index is 1090. The van der Waals surface area contributed by atoms with Crippen LogP contribution in [0.15, 0.2) is 58.1 Å². The quantitative estimate of drug-likeness (QED) is 0.617. The lowest BCUT2D eigenvalue weighted by Gasteiger charge is -2.05. The van der Waals surface area contributed by atoms with E-state index >= 15 is 0 Å². The van der Waals surface area contributed by atoms with Crippen molar-refractivity contribution >= 4 is 11.1 Å². The second-order valence-corrected chi connectivity index (χ2v) is 5.49. The lowest BCUT2D eigenvalue weighted by molar-refractivity contribution is 0.300. The molecular formula is C18H14N4O3. The molecule has 124 valence electrons. The molecule has 0 saturated carbocycles. The van der Waals surface area contributed by atoms with E-state index in [0.29, 0.717) is 34.1 Å². The van der Waals surface area contributed by atoms with Crippen molar-refractivity contribution in [2.24, 2.45) is 0 Å². The first-order chi connectivity index (χ1) is 12.2. The van der Waals surface area contributed by atoms with Crippen LogP contribution in [0, 0.1) is 6.92 Å². The Morgan fingerprint density at radius 3 is 2.96 bits per heavy atom. The van der Waals surface area contributed by atoms with Crippen LogP contribution in [0.1, 0.15) is 11.4 Å². The minimum absolute atomic E-state index is 0.198. The first-order valence-electron chi connectivity index (χ1n) is 7.68. The van der Waals surface area contributed by atoms with E-state index in [9.17, 15) is 4.79 Å². The summed E-state index contributed by atoms with van der Waals surface area (Å²) < 4.78 is 11.5. The summed E-state index contributed by atoms with van der Waals surface area (Å²) in [7, 11) is 0. The number of benzene rings is 1. The molecule has 4 aromatic rings. The van der Waals surface area contributed by atoms with Gasteiger partial charge in [-0.3, -0.25) is 9.78 Å². The summed E-state index contributed by atoms with van der Waals surface area (Å²) in [6, 6.07) is 9.14. The van der Waals surface area contributed by atoms with E-state index in [-0.39, 0.29) is 12.2 Å². The largest absolute Gasteiger partial charge is 0.487 e. The number of nitrogens with one attached hydrogen (secondary N) is 1. The highest BCUT2D eigenvalue weighted by Gasteiger charge is 2.09. The summed E-state index contributed by atoms with van der Waals surface area (Å²) in [6.07, 6.45) is 4.95. The molecule has 0 aliphatic carbocycles. The molecule has 0 aliphatic rings. The third-order valence-electron chi connectivity index (χ3n) is 3.66. The number of aromatic nitrogens is 4. The van der Waals surface area contributed by atoms with Crippen LogP contribution in [-0.4, -0.2) is 19.9 Å². The molecule has 3 heterocycles. The molecule has 0 radical (unpaired) electrons. The Morgan fingerprint density at radius 2 is 2.16 bits per heavy atom. The molecule has 0 fully saturated rings. The molecule has 7 heteroatoms. The third-order valence-corrected chi connectivity index (χ3v) is 3.66. The van der Waals surface area contributed by atoms with Gasteiger partial charge in [0.05, 0.1) is 11.3 Å². The van der Waals surface area contributed by atoms with Crippen molar-refractivity contribution in [3.05, 3.63) is 70.7 Å². The van der Waals surface area contributed by atoms with Gasteiger partial charge in [-0.2, -0.15) is 0 Å². The fourth-order valence-electron chi connectivity index (χ4n) is 2.39. The van der Waals surface area contributed by atoms with E-state index < -0.39 is 0 Å². The van der Waals surface area contributed by atoms with Gasteiger partial charge < -0.3 is 14.1 Å². The number of fused-ring (bicyclic) bond motifs is 1. The number of H-pyrrole nitrogens is 1. The molecule has 0 bridgehead atoms. The van der Waals surface area contributed by atoms with E-state index in [4.69, 9.17) is 9.15 Å². The summed E-state index contributed by atoms with van der Waals surface area (Å²) >= 11 is 0.